The van der Waals surface area contributed by atoms with Gasteiger partial charge in [-0.05, 0) is 44.9 Å². The third-order valence-corrected chi connectivity index (χ3v) is 4.34. The fourth-order valence-corrected chi connectivity index (χ4v) is 2.86. The number of ether oxygens (including phenoxy) is 1. The normalized spacial score (nSPS) is 15.9. The van der Waals surface area contributed by atoms with E-state index in [1.807, 2.05) is 26.8 Å². The van der Waals surface area contributed by atoms with Crippen LogP contribution in [0.4, 0.5) is 0 Å². The Labute approximate surface area is 145 Å². The molecule has 2 heterocycles. The number of nitrogens with zero attached hydrogens (tertiary/aromatic N) is 2. The molecule has 1 aliphatic rings. The molecule has 0 spiro atoms. The van der Waals surface area contributed by atoms with Crippen molar-refractivity contribution in [2.75, 3.05) is 39.9 Å². The first-order valence-corrected chi connectivity index (χ1v) is 8.55. The first-order chi connectivity index (χ1) is 11.4. The number of nitrogens with one attached hydrogen (secondary N) is 1. The topological polar surface area (TPSA) is 54.5 Å². The lowest BCUT2D eigenvalue weighted by atomic mass is 9.93. The van der Waals surface area contributed by atoms with E-state index >= 15 is 0 Å². The number of aryl methyl sites for hydroxylation is 1. The van der Waals surface area contributed by atoms with Crippen LogP contribution in [0.5, 0.6) is 0 Å². The highest BCUT2D eigenvalue weighted by Gasteiger charge is 2.27. The molecule has 1 aliphatic heterocycles. The summed E-state index contributed by atoms with van der Waals surface area (Å²) in [5.74, 6) is 0.0431. The molecule has 1 amide bonds. The Balaban J connectivity index is 1.78. The zero-order valence-corrected chi connectivity index (χ0v) is 15.3. The van der Waals surface area contributed by atoms with E-state index in [9.17, 15) is 4.79 Å². The van der Waals surface area contributed by atoms with Gasteiger partial charge in [0.1, 0.15) is 0 Å². The molecule has 0 aromatic carbocycles. The van der Waals surface area contributed by atoms with Crippen LogP contribution < -0.4 is 5.32 Å². The maximum absolute atomic E-state index is 12.1. The Bertz CT molecular complexity index is 596. The molecular weight excluding hydrogens is 302 g/mol. The van der Waals surface area contributed by atoms with E-state index in [0.717, 1.165) is 37.4 Å². The third kappa shape index (κ3) is 5.14. The fourth-order valence-electron chi connectivity index (χ4n) is 2.86. The summed E-state index contributed by atoms with van der Waals surface area (Å²) < 4.78 is 5.10. The molecule has 5 heteroatoms. The van der Waals surface area contributed by atoms with Crippen molar-refractivity contribution in [2.24, 2.45) is 5.41 Å². The van der Waals surface area contributed by atoms with Gasteiger partial charge in [0.2, 0.25) is 5.91 Å². The summed E-state index contributed by atoms with van der Waals surface area (Å²) in [5.41, 5.74) is 2.97. The van der Waals surface area contributed by atoms with Crippen molar-refractivity contribution in [3.63, 3.8) is 0 Å². The zero-order valence-electron chi connectivity index (χ0n) is 15.3. The third-order valence-electron chi connectivity index (χ3n) is 4.34. The lowest BCUT2D eigenvalue weighted by Gasteiger charge is -2.27. The van der Waals surface area contributed by atoms with Crippen molar-refractivity contribution in [3.05, 3.63) is 35.7 Å². The quantitative estimate of drug-likeness (QED) is 0.833. The van der Waals surface area contributed by atoms with Gasteiger partial charge in [0.05, 0.1) is 17.7 Å². The van der Waals surface area contributed by atoms with Gasteiger partial charge in [-0.25, -0.2) is 0 Å². The van der Waals surface area contributed by atoms with E-state index < -0.39 is 5.41 Å². The summed E-state index contributed by atoms with van der Waals surface area (Å²) in [6, 6.07) is 6.15. The van der Waals surface area contributed by atoms with Gasteiger partial charge in [0.25, 0.3) is 0 Å². The van der Waals surface area contributed by atoms with Crippen molar-refractivity contribution in [1.29, 1.82) is 0 Å². The van der Waals surface area contributed by atoms with Crippen LogP contribution in [0, 0.1) is 12.3 Å². The van der Waals surface area contributed by atoms with Crippen LogP contribution >= 0.6 is 0 Å². The minimum Gasteiger partial charge on any atom is -0.384 e. The predicted molar refractivity (Wildman–Crippen MR) is 96.7 cm³/mol. The number of amides is 1. The summed E-state index contributed by atoms with van der Waals surface area (Å²) in [7, 11) is 1.62. The van der Waals surface area contributed by atoms with E-state index in [4.69, 9.17) is 4.74 Å². The zero-order chi connectivity index (χ0) is 17.6. The van der Waals surface area contributed by atoms with Crippen molar-refractivity contribution in [3.8, 4) is 0 Å². The summed E-state index contributed by atoms with van der Waals surface area (Å²) in [6.45, 7) is 9.68. The standard InChI is InChI=1S/C19H29N3O2/c1-15-6-5-7-17(21-15)16-8-11-22(12-9-16)13-10-20-18(23)19(2,3)14-24-4/h5-8H,9-14H2,1-4H3,(H,20,23). The lowest BCUT2D eigenvalue weighted by molar-refractivity contribution is -0.131. The average Bonchev–Trinajstić information content (AvgIpc) is 2.55. The van der Waals surface area contributed by atoms with Crippen LogP contribution in [0.3, 0.4) is 0 Å². The largest absolute Gasteiger partial charge is 0.384 e. The number of methoxy groups -OCH3 is 1. The molecule has 132 valence electrons. The molecule has 5 nitrogen and oxygen atoms in total. The molecule has 0 atom stereocenters. The number of hydrogen-bond acceptors (Lipinski definition) is 4. The molecule has 0 saturated heterocycles. The number of hydrogen-bond donors (Lipinski definition) is 1. The Hall–Kier alpha value is -1.72. The Morgan fingerprint density at radius 2 is 2.21 bits per heavy atom. The fraction of sp³-hybridized carbons (Fsp3) is 0.579. The molecule has 0 fully saturated rings. The molecule has 0 aliphatic carbocycles. The second-order valence-electron chi connectivity index (χ2n) is 7.02. The lowest BCUT2D eigenvalue weighted by Crippen LogP contribution is -2.43. The summed E-state index contributed by atoms with van der Waals surface area (Å²) in [4.78, 5) is 19.1. The molecule has 24 heavy (non-hydrogen) atoms. The van der Waals surface area contributed by atoms with Gasteiger partial charge >= 0.3 is 0 Å². The first kappa shape index (κ1) is 18.6. The molecule has 0 unspecified atom stereocenters. The Morgan fingerprint density at radius 3 is 2.83 bits per heavy atom. The van der Waals surface area contributed by atoms with Gasteiger partial charge < -0.3 is 10.1 Å². The minimum absolute atomic E-state index is 0.0431. The number of rotatable bonds is 7. The van der Waals surface area contributed by atoms with Gasteiger partial charge in [-0.3, -0.25) is 14.7 Å². The number of pyridine rings is 1. The van der Waals surface area contributed by atoms with Crippen molar-refractivity contribution in [1.82, 2.24) is 15.2 Å². The maximum Gasteiger partial charge on any atom is 0.228 e. The number of carbonyl (C=O) groups excluding carboxylic acids is 1. The van der Waals surface area contributed by atoms with Gasteiger partial charge in [-0.2, -0.15) is 0 Å². The predicted octanol–water partition coefficient (Wildman–Crippen LogP) is 2.27. The van der Waals surface area contributed by atoms with E-state index in [-0.39, 0.29) is 5.91 Å². The van der Waals surface area contributed by atoms with Crippen LogP contribution in [0.2, 0.25) is 0 Å². The van der Waals surface area contributed by atoms with Crippen LogP contribution in [-0.2, 0) is 9.53 Å². The number of carbonyl (C=O) groups is 1. The highest BCUT2D eigenvalue weighted by molar-refractivity contribution is 5.81. The smallest absolute Gasteiger partial charge is 0.228 e. The van der Waals surface area contributed by atoms with Crippen LogP contribution in [0.1, 0.15) is 31.7 Å². The van der Waals surface area contributed by atoms with Gasteiger partial charge in [0, 0.05) is 39.0 Å². The van der Waals surface area contributed by atoms with Crippen LogP contribution in [-0.4, -0.2) is 55.7 Å². The molecule has 1 N–H and O–H groups in total. The summed E-state index contributed by atoms with van der Waals surface area (Å²) >= 11 is 0. The van der Waals surface area contributed by atoms with Crippen molar-refractivity contribution in [2.45, 2.75) is 27.2 Å². The van der Waals surface area contributed by atoms with Gasteiger partial charge in [-0.1, -0.05) is 12.1 Å². The minimum atomic E-state index is -0.486. The van der Waals surface area contributed by atoms with E-state index in [2.05, 4.69) is 33.4 Å². The van der Waals surface area contributed by atoms with E-state index in [0.29, 0.717) is 13.2 Å². The molecule has 0 saturated carbocycles. The average molecular weight is 331 g/mol. The van der Waals surface area contributed by atoms with E-state index in [1.54, 1.807) is 7.11 Å². The highest BCUT2D eigenvalue weighted by Crippen LogP contribution is 2.20. The van der Waals surface area contributed by atoms with Gasteiger partial charge in [-0.15, -0.1) is 0 Å². The summed E-state index contributed by atoms with van der Waals surface area (Å²) in [6.07, 6.45) is 3.25. The second kappa shape index (κ2) is 8.40. The highest BCUT2D eigenvalue weighted by atomic mass is 16.5. The van der Waals surface area contributed by atoms with Crippen LogP contribution in [0.15, 0.2) is 24.3 Å². The van der Waals surface area contributed by atoms with Crippen molar-refractivity contribution < 1.29 is 9.53 Å². The number of aromatic nitrogens is 1. The summed E-state index contributed by atoms with van der Waals surface area (Å²) in [5, 5.41) is 3.01. The monoisotopic (exact) mass is 331 g/mol. The molecule has 0 bridgehead atoms. The maximum atomic E-state index is 12.1. The van der Waals surface area contributed by atoms with E-state index in [1.165, 1.54) is 5.57 Å². The molecular formula is C19H29N3O2. The SMILES string of the molecule is COCC(C)(C)C(=O)NCCN1CC=C(c2cccc(C)n2)CC1. The molecule has 2 rings (SSSR count). The Kier molecular flexibility index (Phi) is 6.52. The van der Waals surface area contributed by atoms with Crippen molar-refractivity contribution >= 4 is 11.5 Å². The van der Waals surface area contributed by atoms with Gasteiger partial charge in [0.15, 0.2) is 0 Å². The molecule has 1 aromatic heterocycles. The van der Waals surface area contributed by atoms with Crippen LogP contribution in [0.25, 0.3) is 5.57 Å². The Morgan fingerprint density at radius 1 is 1.42 bits per heavy atom. The molecule has 0 radical (unpaired) electrons. The second-order valence-corrected chi connectivity index (χ2v) is 7.02. The first-order valence-electron chi connectivity index (χ1n) is 8.55. The molecule has 1 aromatic rings.